The van der Waals surface area contributed by atoms with Crippen LogP contribution in [0, 0.1) is 0 Å². The summed E-state index contributed by atoms with van der Waals surface area (Å²) in [6.45, 7) is 1.05. The van der Waals surface area contributed by atoms with Gasteiger partial charge in [-0.25, -0.2) is 0 Å². The molecule has 4 aromatic carbocycles. The van der Waals surface area contributed by atoms with E-state index in [1.165, 1.54) is 21.5 Å². The molecule has 0 N–H and O–H groups in total. The molecule has 0 aliphatic carbocycles. The first-order chi connectivity index (χ1) is 12.9. The summed E-state index contributed by atoms with van der Waals surface area (Å²) < 4.78 is 11.6. The fourth-order valence-electron chi connectivity index (χ4n) is 2.94. The standard InChI is InChI=1S/C24H20O2/c1-3-9-21-17-23(13-11-19(21)7-1)25-15-5-6-16-26-24-14-12-20-8-2-4-10-22(20)18-24/h1-14,17-18H,15-16H2/b6-5-. The van der Waals surface area contributed by atoms with E-state index in [-0.39, 0.29) is 0 Å². The molecule has 0 heterocycles. The lowest BCUT2D eigenvalue weighted by atomic mass is 10.1. The van der Waals surface area contributed by atoms with E-state index >= 15 is 0 Å². The molecule has 0 radical (unpaired) electrons. The molecule has 2 heteroatoms. The molecular formula is C24H20O2. The Balaban J connectivity index is 1.28. The fourth-order valence-corrected chi connectivity index (χ4v) is 2.94. The maximum atomic E-state index is 5.78. The monoisotopic (exact) mass is 340 g/mol. The second-order valence-corrected chi connectivity index (χ2v) is 6.11. The Morgan fingerprint density at radius 1 is 0.500 bits per heavy atom. The van der Waals surface area contributed by atoms with Crippen LogP contribution in [0.2, 0.25) is 0 Å². The van der Waals surface area contributed by atoms with Crippen LogP contribution in [0.1, 0.15) is 0 Å². The Bertz CT molecular complexity index is 965. The van der Waals surface area contributed by atoms with Gasteiger partial charge >= 0.3 is 0 Å². The average Bonchev–Trinajstić information content (AvgIpc) is 2.70. The van der Waals surface area contributed by atoms with E-state index in [2.05, 4.69) is 48.5 Å². The first-order valence-electron chi connectivity index (χ1n) is 8.77. The number of hydrogen-bond acceptors (Lipinski definition) is 2. The molecule has 2 nitrogen and oxygen atoms in total. The van der Waals surface area contributed by atoms with Crippen molar-refractivity contribution in [2.45, 2.75) is 0 Å². The summed E-state index contributed by atoms with van der Waals surface area (Å²) in [4.78, 5) is 0. The Kier molecular flexibility index (Phi) is 4.83. The number of ether oxygens (including phenoxy) is 2. The summed E-state index contributed by atoms with van der Waals surface area (Å²) >= 11 is 0. The SMILES string of the molecule is C(=C/COc1ccc2ccccc2c1)/COc1ccc2ccccc2c1. The predicted molar refractivity (Wildman–Crippen MR) is 108 cm³/mol. The summed E-state index contributed by atoms with van der Waals surface area (Å²) in [5.74, 6) is 1.76. The number of fused-ring (bicyclic) bond motifs is 2. The van der Waals surface area contributed by atoms with Gasteiger partial charge in [-0.1, -0.05) is 60.7 Å². The summed E-state index contributed by atoms with van der Waals surface area (Å²) in [6.07, 6.45) is 3.96. The maximum absolute atomic E-state index is 5.78. The molecule has 0 bridgehead atoms. The molecular weight excluding hydrogens is 320 g/mol. The van der Waals surface area contributed by atoms with Crippen molar-refractivity contribution in [3.05, 3.63) is 97.1 Å². The van der Waals surface area contributed by atoms with Gasteiger partial charge in [0.25, 0.3) is 0 Å². The zero-order valence-electron chi connectivity index (χ0n) is 14.5. The molecule has 4 rings (SSSR count). The lowest BCUT2D eigenvalue weighted by molar-refractivity contribution is 0.351. The van der Waals surface area contributed by atoms with Crippen LogP contribution in [0.15, 0.2) is 97.1 Å². The zero-order valence-corrected chi connectivity index (χ0v) is 14.5. The predicted octanol–water partition coefficient (Wildman–Crippen LogP) is 6.01. The van der Waals surface area contributed by atoms with Crippen LogP contribution in [-0.2, 0) is 0 Å². The van der Waals surface area contributed by atoms with E-state index in [0.29, 0.717) is 13.2 Å². The maximum Gasteiger partial charge on any atom is 0.120 e. The lowest BCUT2D eigenvalue weighted by Crippen LogP contribution is -1.96. The van der Waals surface area contributed by atoms with Gasteiger partial charge in [0.1, 0.15) is 24.7 Å². The third kappa shape index (κ3) is 3.86. The highest BCUT2D eigenvalue weighted by Gasteiger charge is 1.97. The van der Waals surface area contributed by atoms with Crippen molar-refractivity contribution in [2.24, 2.45) is 0 Å². The minimum Gasteiger partial charge on any atom is -0.490 e. The largest absolute Gasteiger partial charge is 0.490 e. The highest BCUT2D eigenvalue weighted by Crippen LogP contribution is 2.21. The van der Waals surface area contributed by atoms with Gasteiger partial charge in [-0.15, -0.1) is 0 Å². The van der Waals surface area contributed by atoms with E-state index in [9.17, 15) is 0 Å². The molecule has 0 unspecified atom stereocenters. The number of rotatable bonds is 6. The van der Waals surface area contributed by atoms with Crippen LogP contribution in [-0.4, -0.2) is 13.2 Å². The molecule has 0 fully saturated rings. The van der Waals surface area contributed by atoms with Gasteiger partial charge in [-0.3, -0.25) is 0 Å². The molecule has 0 aromatic heterocycles. The van der Waals surface area contributed by atoms with Crippen LogP contribution >= 0.6 is 0 Å². The van der Waals surface area contributed by atoms with Gasteiger partial charge in [0.15, 0.2) is 0 Å². The van der Waals surface area contributed by atoms with Crippen LogP contribution in [0.3, 0.4) is 0 Å². The molecule has 0 aliphatic rings. The Morgan fingerprint density at radius 3 is 1.38 bits per heavy atom. The molecule has 0 aliphatic heterocycles. The van der Waals surface area contributed by atoms with Crippen molar-refractivity contribution in [1.29, 1.82) is 0 Å². The number of hydrogen-bond donors (Lipinski definition) is 0. The van der Waals surface area contributed by atoms with Gasteiger partial charge in [-0.2, -0.15) is 0 Å². The minimum absolute atomic E-state index is 0.527. The minimum atomic E-state index is 0.527. The molecule has 26 heavy (non-hydrogen) atoms. The Hall–Kier alpha value is -3.26. The zero-order chi connectivity index (χ0) is 17.6. The molecule has 0 spiro atoms. The molecule has 0 saturated carbocycles. The average molecular weight is 340 g/mol. The van der Waals surface area contributed by atoms with E-state index in [4.69, 9.17) is 9.47 Å². The van der Waals surface area contributed by atoms with Gasteiger partial charge in [0, 0.05) is 0 Å². The Morgan fingerprint density at radius 2 is 0.923 bits per heavy atom. The van der Waals surface area contributed by atoms with Crippen LogP contribution < -0.4 is 9.47 Å². The first-order valence-corrected chi connectivity index (χ1v) is 8.77. The molecule has 0 atom stereocenters. The normalized spacial score (nSPS) is 11.2. The van der Waals surface area contributed by atoms with Gasteiger partial charge in [0.05, 0.1) is 0 Å². The van der Waals surface area contributed by atoms with Crippen LogP contribution in [0.25, 0.3) is 21.5 Å². The highest BCUT2D eigenvalue weighted by molar-refractivity contribution is 5.84. The first kappa shape index (κ1) is 16.2. The fraction of sp³-hybridized carbons (Fsp3) is 0.0833. The quantitative estimate of drug-likeness (QED) is 0.400. The van der Waals surface area contributed by atoms with Gasteiger partial charge in [-0.05, 0) is 58.0 Å². The second kappa shape index (κ2) is 7.75. The third-order valence-corrected chi connectivity index (χ3v) is 4.30. The van der Waals surface area contributed by atoms with Crippen molar-refractivity contribution >= 4 is 21.5 Å². The summed E-state index contributed by atoms with van der Waals surface area (Å²) in [5, 5.41) is 4.82. The van der Waals surface area contributed by atoms with E-state index in [1.807, 2.05) is 48.6 Å². The van der Waals surface area contributed by atoms with E-state index in [0.717, 1.165) is 11.5 Å². The summed E-state index contributed by atoms with van der Waals surface area (Å²) in [7, 11) is 0. The van der Waals surface area contributed by atoms with Crippen molar-refractivity contribution in [3.63, 3.8) is 0 Å². The summed E-state index contributed by atoms with van der Waals surface area (Å²) in [6, 6.07) is 28.8. The lowest BCUT2D eigenvalue weighted by Gasteiger charge is -2.06. The van der Waals surface area contributed by atoms with Gasteiger partial charge in [0.2, 0.25) is 0 Å². The molecule has 4 aromatic rings. The van der Waals surface area contributed by atoms with Crippen molar-refractivity contribution in [3.8, 4) is 11.5 Å². The van der Waals surface area contributed by atoms with Crippen LogP contribution in [0.4, 0.5) is 0 Å². The third-order valence-electron chi connectivity index (χ3n) is 4.30. The molecule has 0 amide bonds. The Labute approximate surface area is 153 Å². The van der Waals surface area contributed by atoms with Crippen molar-refractivity contribution in [2.75, 3.05) is 13.2 Å². The summed E-state index contributed by atoms with van der Waals surface area (Å²) in [5.41, 5.74) is 0. The number of benzene rings is 4. The van der Waals surface area contributed by atoms with E-state index in [1.54, 1.807) is 0 Å². The molecule has 0 saturated heterocycles. The van der Waals surface area contributed by atoms with Crippen LogP contribution in [0.5, 0.6) is 11.5 Å². The smallest absolute Gasteiger partial charge is 0.120 e. The van der Waals surface area contributed by atoms with Gasteiger partial charge < -0.3 is 9.47 Å². The highest BCUT2D eigenvalue weighted by atomic mass is 16.5. The second-order valence-electron chi connectivity index (χ2n) is 6.11. The van der Waals surface area contributed by atoms with E-state index < -0.39 is 0 Å². The van der Waals surface area contributed by atoms with Crippen molar-refractivity contribution in [1.82, 2.24) is 0 Å². The molecule has 128 valence electrons. The topological polar surface area (TPSA) is 18.5 Å². The van der Waals surface area contributed by atoms with Crippen molar-refractivity contribution < 1.29 is 9.47 Å².